The van der Waals surface area contributed by atoms with E-state index in [1.807, 2.05) is 4.90 Å². The standard InChI is InChI=1S/C15H18ClFN2O3S/c16-11-3-4-12(17)13(7-11)18-15(20)8-19-5-6-23(21,22)9-14(19)10-1-2-10/h3-4,7,10,14H,1-2,5-6,8-9H2,(H,18,20)/t14-/m1/s1. The molecule has 1 heterocycles. The van der Waals surface area contributed by atoms with Crippen molar-refractivity contribution >= 4 is 33.0 Å². The zero-order valence-electron chi connectivity index (χ0n) is 12.5. The molecule has 1 saturated heterocycles. The van der Waals surface area contributed by atoms with Crippen LogP contribution in [0.2, 0.25) is 5.02 Å². The number of anilines is 1. The number of nitrogens with zero attached hydrogens (tertiary/aromatic N) is 1. The van der Waals surface area contributed by atoms with Gasteiger partial charge >= 0.3 is 0 Å². The molecular weight excluding hydrogens is 343 g/mol. The number of hydrogen-bond acceptors (Lipinski definition) is 4. The van der Waals surface area contributed by atoms with Crippen LogP contribution in [0.1, 0.15) is 12.8 Å². The highest BCUT2D eigenvalue weighted by molar-refractivity contribution is 7.91. The Morgan fingerprint density at radius 1 is 1.39 bits per heavy atom. The molecule has 0 unspecified atom stereocenters. The SMILES string of the molecule is O=C(CN1CCS(=O)(=O)C[C@@H]1C1CC1)Nc1cc(Cl)ccc1F. The van der Waals surface area contributed by atoms with Gasteiger partial charge in [0.15, 0.2) is 9.84 Å². The minimum Gasteiger partial charge on any atom is -0.322 e. The zero-order chi connectivity index (χ0) is 16.6. The van der Waals surface area contributed by atoms with Crippen LogP contribution in [0.4, 0.5) is 10.1 Å². The van der Waals surface area contributed by atoms with E-state index in [2.05, 4.69) is 5.32 Å². The van der Waals surface area contributed by atoms with Gasteiger partial charge in [-0.25, -0.2) is 12.8 Å². The Balaban J connectivity index is 1.66. The van der Waals surface area contributed by atoms with Gasteiger partial charge in [0.05, 0.1) is 23.7 Å². The topological polar surface area (TPSA) is 66.5 Å². The number of sulfone groups is 1. The summed E-state index contributed by atoms with van der Waals surface area (Å²) in [7, 11) is -3.03. The monoisotopic (exact) mass is 360 g/mol. The van der Waals surface area contributed by atoms with E-state index in [0.29, 0.717) is 17.5 Å². The molecule has 1 aliphatic heterocycles. The van der Waals surface area contributed by atoms with E-state index in [-0.39, 0.29) is 35.7 Å². The maximum atomic E-state index is 13.7. The highest BCUT2D eigenvalue weighted by atomic mass is 35.5. The Bertz CT molecular complexity index is 721. The van der Waals surface area contributed by atoms with Crippen LogP contribution in [-0.2, 0) is 14.6 Å². The first-order valence-electron chi connectivity index (χ1n) is 7.53. The molecule has 2 fully saturated rings. The Labute approximate surface area is 139 Å². The predicted octanol–water partition coefficient (Wildman–Crippen LogP) is 1.93. The number of hydrogen-bond donors (Lipinski definition) is 1. The average Bonchev–Trinajstić information content (AvgIpc) is 3.29. The highest BCUT2D eigenvalue weighted by Gasteiger charge is 2.41. The molecule has 1 saturated carbocycles. The van der Waals surface area contributed by atoms with Gasteiger partial charge in [-0.3, -0.25) is 9.69 Å². The number of rotatable bonds is 4. The van der Waals surface area contributed by atoms with E-state index in [0.717, 1.165) is 12.8 Å². The summed E-state index contributed by atoms with van der Waals surface area (Å²) < 4.78 is 37.3. The van der Waals surface area contributed by atoms with E-state index in [9.17, 15) is 17.6 Å². The van der Waals surface area contributed by atoms with Gasteiger partial charge in [-0.1, -0.05) is 11.6 Å². The van der Waals surface area contributed by atoms with Gasteiger partial charge in [0.1, 0.15) is 5.82 Å². The Morgan fingerprint density at radius 3 is 2.83 bits per heavy atom. The van der Waals surface area contributed by atoms with Crippen LogP contribution >= 0.6 is 11.6 Å². The zero-order valence-corrected chi connectivity index (χ0v) is 14.0. The fraction of sp³-hybridized carbons (Fsp3) is 0.533. The molecule has 1 aliphatic carbocycles. The first kappa shape index (κ1) is 16.7. The van der Waals surface area contributed by atoms with E-state index in [1.165, 1.54) is 18.2 Å². The van der Waals surface area contributed by atoms with E-state index in [4.69, 9.17) is 11.6 Å². The Kier molecular flexibility index (Phi) is 4.62. The van der Waals surface area contributed by atoms with Crippen molar-refractivity contribution in [1.29, 1.82) is 0 Å². The second-order valence-electron chi connectivity index (χ2n) is 6.16. The van der Waals surface area contributed by atoms with Crippen molar-refractivity contribution in [1.82, 2.24) is 4.90 Å². The van der Waals surface area contributed by atoms with Gasteiger partial charge in [-0.15, -0.1) is 0 Å². The Hall–Kier alpha value is -1.18. The predicted molar refractivity (Wildman–Crippen MR) is 86.8 cm³/mol. The molecule has 3 rings (SSSR count). The summed E-state index contributed by atoms with van der Waals surface area (Å²) in [6, 6.07) is 3.85. The van der Waals surface area contributed by atoms with Gasteiger partial charge in [0, 0.05) is 17.6 Å². The van der Waals surface area contributed by atoms with E-state index < -0.39 is 15.7 Å². The van der Waals surface area contributed by atoms with Crippen LogP contribution in [0.25, 0.3) is 0 Å². The lowest BCUT2D eigenvalue weighted by Crippen LogP contribution is -2.52. The summed E-state index contributed by atoms with van der Waals surface area (Å²) in [5.74, 6) is -0.398. The van der Waals surface area contributed by atoms with Gasteiger partial charge in [0.2, 0.25) is 5.91 Å². The van der Waals surface area contributed by atoms with E-state index >= 15 is 0 Å². The van der Waals surface area contributed by atoms with E-state index in [1.54, 1.807) is 0 Å². The number of benzene rings is 1. The maximum Gasteiger partial charge on any atom is 0.238 e. The maximum absolute atomic E-state index is 13.7. The van der Waals surface area contributed by atoms with Crippen molar-refractivity contribution in [2.45, 2.75) is 18.9 Å². The van der Waals surface area contributed by atoms with Gasteiger partial charge < -0.3 is 5.32 Å². The summed E-state index contributed by atoms with van der Waals surface area (Å²) in [5, 5.41) is 2.84. The lowest BCUT2D eigenvalue weighted by atomic mass is 10.1. The normalized spacial score (nSPS) is 24.3. The molecule has 8 heteroatoms. The first-order chi connectivity index (χ1) is 10.8. The molecule has 126 valence electrons. The molecular formula is C15H18ClFN2O3S. The Morgan fingerprint density at radius 2 is 2.13 bits per heavy atom. The fourth-order valence-corrected chi connectivity index (χ4v) is 4.80. The average molecular weight is 361 g/mol. The first-order valence-corrected chi connectivity index (χ1v) is 9.73. The van der Waals surface area contributed by atoms with Crippen molar-refractivity contribution in [2.75, 3.05) is 29.9 Å². The molecule has 23 heavy (non-hydrogen) atoms. The third-order valence-electron chi connectivity index (χ3n) is 4.30. The minimum atomic E-state index is -3.03. The van der Waals surface area contributed by atoms with Crippen LogP contribution in [-0.4, -0.2) is 49.9 Å². The highest BCUT2D eigenvalue weighted by Crippen LogP contribution is 2.37. The van der Waals surface area contributed by atoms with Gasteiger partial charge in [-0.2, -0.15) is 0 Å². The molecule has 1 amide bonds. The van der Waals surface area contributed by atoms with Crippen LogP contribution in [0.15, 0.2) is 18.2 Å². The molecule has 0 spiro atoms. The molecule has 5 nitrogen and oxygen atoms in total. The number of halogens is 2. The summed E-state index contributed by atoms with van der Waals surface area (Å²) in [5.41, 5.74) is 0.0371. The lowest BCUT2D eigenvalue weighted by Gasteiger charge is -2.35. The lowest BCUT2D eigenvalue weighted by molar-refractivity contribution is -0.117. The summed E-state index contributed by atoms with van der Waals surface area (Å²) >= 11 is 5.80. The second kappa shape index (κ2) is 6.37. The summed E-state index contributed by atoms with van der Waals surface area (Å²) in [4.78, 5) is 14.1. The quantitative estimate of drug-likeness (QED) is 0.891. The van der Waals surface area contributed by atoms with Crippen LogP contribution in [0.3, 0.4) is 0 Å². The van der Waals surface area contributed by atoms with Crippen LogP contribution in [0.5, 0.6) is 0 Å². The molecule has 1 N–H and O–H groups in total. The number of nitrogens with one attached hydrogen (secondary N) is 1. The van der Waals surface area contributed by atoms with Crippen molar-refractivity contribution in [3.8, 4) is 0 Å². The van der Waals surface area contributed by atoms with Crippen molar-refractivity contribution in [3.05, 3.63) is 29.0 Å². The molecule has 0 bridgehead atoms. The van der Waals surface area contributed by atoms with Crippen LogP contribution < -0.4 is 5.32 Å². The summed E-state index contributed by atoms with van der Waals surface area (Å²) in [6.45, 7) is 0.400. The molecule has 1 aromatic carbocycles. The third-order valence-corrected chi connectivity index (χ3v) is 6.19. The second-order valence-corrected chi connectivity index (χ2v) is 8.83. The number of carbonyl (C=O) groups is 1. The van der Waals surface area contributed by atoms with Crippen molar-refractivity contribution in [2.24, 2.45) is 5.92 Å². The summed E-state index contributed by atoms with van der Waals surface area (Å²) in [6.07, 6.45) is 2.00. The largest absolute Gasteiger partial charge is 0.322 e. The molecule has 0 radical (unpaired) electrons. The molecule has 0 aromatic heterocycles. The smallest absolute Gasteiger partial charge is 0.238 e. The van der Waals surface area contributed by atoms with Gasteiger partial charge in [0.25, 0.3) is 0 Å². The third kappa shape index (κ3) is 4.22. The number of amides is 1. The molecule has 1 atom stereocenters. The van der Waals surface area contributed by atoms with Crippen LogP contribution in [0, 0.1) is 11.7 Å². The van der Waals surface area contributed by atoms with Crippen molar-refractivity contribution in [3.63, 3.8) is 0 Å². The number of carbonyl (C=O) groups excluding carboxylic acids is 1. The minimum absolute atomic E-state index is 0.0371. The van der Waals surface area contributed by atoms with Gasteiger partial charge in [-0.05, 0) is 37.0 Å². The molecule has 1 aromatic rings. The molecule has 2 aliphatic rings. The fourth-order valence-electron chi connectivity index (χ4n) is 2.95. The van der Waals surface area contributed by atoms with Crippen molar-refractivity contribution < 1.29 is 17.6 Å².